The number of guanidine groups is 1. The molecule has 0 aliphatic carbocycles. The van der Waals surface area contributed by atoms with E-state index in [1.54, 1.807) is 23.1 Å². The third-order valence-electron chi connectivity index (χ3n) is 3.15. The van der Waals surface area contributed by atoms with Crippen LogP contribution in [0.25, 0.3) is 0 Å². The summed E-state index contributed by atoms with van der Waals surface area (Å²) >= 11 is 3.48. The molecule has 0 aromatic carbocycles. The summed E-state index contributed by atoms with van der Waals surface area (Å²) in [7, 11) is 0. The SMILES string of the molecule is CCNC(=NCc1cc(C(C)C)no1)NCCCSc1nccs1. The van der Waals surface area contributed by atoms with Crippen molar-refractivity contribution in [3.8, 4) is 0 Å². The van der Waals surface area contributed by atoms with Crippen LogP contribution in [0.15, 0.2) is 31.5 Å². The lowest BCUT2D eigenvalue weighted by Gasteiger charge is -2.10. The van der Waals surface area contributed by atoms with Crippen molar-refractivity contribution in [2.45, 2.75) is 44.0 Å². The summed E-state index contributed by atoms with van der Waals surface area (Å²) in [5.41, 5.74) is 0.970. The highest BCUT2D eigenvalue weighted by Crippen LogP contribution is 2.20. The maximum Gasteiger partial charge on any atom is 0.191 e. The Balaban J connectivity index is 1.73. The number of nitrogens with one attached hydrogen (secondary N) is 2. The number of hydrogen-bond acceptors (Lipinski definition) is 6. The Kier molecular flexibility index (Phi) is 8.11. The van der Waals surface area contributed by atoms with Gasteiger partial charge in [-0.2, -0.15) is 0 Å². The van der Waals surface area contributed by atoms with E-state index in [2.05, 4.69) is 46.5 Å². The van der Waals surface area contributed by atoms with Crippen molar-refractivity contribution in [1.29, 1.82) is 0 Å². The van der Waals surface area contributed by atoms with E-state index < -0.39 is 0 Å². The zero-order valence-electron chi connectivity index (χ0n) is 14.4. The Morgan fingerprint density at radius 1 is 1.42 bits per heavy atom. The first-order chi connectivity index (χ1) is 11.7. The molecule has 0 aliphatic rings. The van der Waals surface area contributed by atoms with E-state index in [4.69, 9.17) is 4.52 Å². The summed E-state index contributed by atoms with van der Waals surface area (Å²) in [4.78, 5) is 8.81. The number of nitrogens with zero attached hydrogens (tertiary/aromatic N) is 3. The normalized spacial score (nSPS) is 11.9. The average molecular weight is 368 g/mol. The summed E-state index contributed by atoms with van der Waals surface area (Å²) < 4.78 is 6.44. The van der Waals surface area contributed by atoms with Gasteiger partial charge in [0.05, 0.1) is 5.69 Å². The molecule has 0 unspecified atom stereocenters. The predicted molar refractivity (Wildman–Crippen MR) is 101 cm³/mol. The molecule has 2 N–H and O–H groups in total. The molecule has 0 radical (unpaired) electrons. The van der Waals surface area contributed by atoms with Crippen LogP contribution >= 0.6 is 23.1 Å². The molecule has 0 amide bonds. The first-order valence-corrected chi connectivity index (χ1v) is 10.1. The zero-order chi connectivity index (χ0) is 17.2. The largest absolute Gasteiger partial charge is 0.359 e. The van der Waals surface area contributed by atoms with Crippen LogP contribution in [0.1, 0.15) is 44.6 Å². The van der Waals surface area contributed by atoms with Crippen LogP contribution in [0.5, 0.6) is 0 Å². The van der Waals surface area contributed by atoms with Crippen molar-refractivity contribution in [3.05, 3.63) is 29.1 Å². The van der Waals surface area contributed by atoms with Crippen molar-refractivity contribution in [1.82, 2.24) is 20.8 Å². The molecular weight excluding hydrogens is 342 g/mol. The fourth-order valence-corrected chi connectivity index (χ4v) is 3.54. The summed E-state index contributed by atoms with van der Waals surface area (Å²) in [5.74, 6) is 3.00. The maximum absolute atomic E-state index is 5.32. The van der Waals surface area contributed by atoms with Crippen molar-refractivity contribution in [2.75, 3.05) is 18.8 Å². The molecule has 0 saturated carbocycles. The van der Waals surface area contributed by atoms with Gasteiger partial charge in [0.1, 0.15) is 10.9 Å². The van der Waals surface area contributed by atoms with E-state index >= 15 is 0 Å². The van der Waals surface area contributed by atoms with Crippen LogP contribution in [0.3, 0.4) is 0 Å². The summed E-state index contributed by atoms with van der Waals surface area (Å²) in [5, 5.41) is 12.7. The van der Waals surface area contributed by atoms with Crippen LogP contribution < -0.4 is 10.6 Å². The van der Waals surface area contributed by atoms with Gasteiger partial charge in [0.25, 0.3) is 0 Å². The highest BCUT2D eigenvalue weighted by molar-refractivity contribution is 8.00. The second-order valence-electron chi connectivity index (χ2n) is 5.49. The Morgan fingerprint density at radius 3 is 2.96 bits per heavy atom. The van der Waals surface area contributed by atoms with Crippen LogP contribution in [0.2, 0.25) is 0 Å². The first-order valence-electron chi connectivity index (χ1n) is 8.19. The lowest BCUT2D eigenvalue weighted by atomic mass is 10.1. The van der Waals surface area contributed by atoms with Crippen molar-refractivity contribution >= 4 is 29.1 Å². The molecule has 2 aromatic rings. The minimum atomic E-state index is 0.369. The van der Waals surface area contributed by atoms with E-state index in [0.717, 1.165) is 47.0 Å². The molecule has 0 fully saturated rings. The van der Waals surface area contributed by atoms with Crippen LogP contribution in [0, 0.1) is 0 Å². The van der Waals surface area contributed by atoms with Crippen molar-refractivity contribution < 1.29 is 4.52 Å². The predicted octanol–water partition coefficient (Wildman–Crippen LogP) is 3.49. The van der Waals surface area contributed by atoms with Gasteiger partial charge in [0.15, 0.2) is 11.7 Å². The van der Waals surface area contributed by atoms with Crippen molar-refractivity contribution in [2.24, 2.45) is 4.99 Å². The fraction of sp³-hybridized carbons (Fsp3) is 0.562. The van der Waals surface area contributed by atoms with Gasteiger partial charge in [-0.25, -0.2) is 9.98 Å². The Labute approximate surface area is 151 Å². The topological polar surface area (TPSA) is 75.3 Å². The number of aliphatic imine (C=N–C) groups is 1. The number of aromatic nitrogens is 2. The zero-order valence-corrected chi connectivity index (χ0v) is 16.0. The Bertz CT molecular complexity index is 610. The van der Waals surface area contributed by atoms with E-state index in [-0.39, 0.29) is 0 Å². The number of hydrogen-bond donors (Lipinski definition) is 2. The van der Waals surface area contributed by atoms with Crippen LogP contribution in [0.4, 0.5) is 0 Å². The van der Waals surface area contributed by atoms with Gasteiger partial charge < -0.3 is 15.2 Å². The molecule has 0 aliphatic heterocycles. The third-order valence-corrected chi connectivity index (χ3v) is 5.21. The second kappa shape index (κ2) is 10.4. The van der Waals surface area contributed by atoms with Gasteiger partial charge in [-0.3, -0.25) is 0 Å². The maximum atomic E-state index is 5.32. The second-order valence-corrected chi connectivity index (χ2v) is 7.73. The lowest BCUT2D eigenvalue weighted by molar-refractivity contribution is 0.376. The average Bonchev–Trinajstić information content (AvgIpc) is 3.23. The quantitative estimate of drug-likeness (QED) is 0.306. The summed E-state index contributed by atoms with van der Waals surface area (Å²) in [6.45, 7) is 8.44. The monoisotopic (exact) mass is 367 g/mol. The lowest BCUT2D eigenvalue weighted by Crippen LogP contribution is -2.37. The number of rotatable bonds is 9. The van der Waals surface area contributed by atoms with Crippen LogP contribution in [-0.4, -0.2) is 34.9 Å². The standard InChI is InChI=1S/C16H25N5OS2/c1-4-17-15(18-6-5-8-23-16-19-7-9-24-16)20-11-13-10-14(12(2)3)21-22-13/h7,9-10,12H,4-6,8,11H2,1-3H3,(H2,17,18,20). The van der Waals surface area contributed by atoms with E-state index in [1.165, 1.54) is 0 Å². The molecule has 8 heteroatoms. The molecule has 2 heterocycles. The molecule has 6 nitrogen and oxygen atoms in total. The Morgan fingerprint density at radius 2 is 2.29 bits per heavy atom. The van der Waals surface area contributed by atoms with E-state index in [1.807, 2.05) is 17.6 Å². The van der Waals surface area contributed by atoms with Gasteiger partial charge in [-0.15, -0.1) is 11.3 Å². The minimum absolute atomic E-state index is 0.369. The number of thiazole rings is 1. The van der Waals surface area contributed by atoms with E-state index in [0.29, 0.717) is 12.5 Å². The van der Waals surface area contributed by atoms with Crippen molar-refractivity contribution in [3.63, 3.8) is 0 Å². The minimum Gasteiger partial charge on any atom is -0.359 e. The molecule has 24 heavy (non-hydrogen) atoms. The van der Waals surface area contributed by atoms with Gasteiger partial charge in [0, 0.05) is 36.5 Å². The molecule has 132 valence electrons. The molecule has 0 saturated heterocycles. The van der Waals surface area contributed by atoms with E-state index in [9.17, 15) is 0 Å². The fourth-order valence-electron chi connectivity index (χ4n) is 1.89. The number of thioether (sulfide) groups is 1. The van der Waals surface area contributed by atoms with Gasteiger partial charge in [-0.05, 0) is 19.3 Å². The van der Waals surface area contributed by atoms with Gasteiger partial charge >= 0.3 is 0 Å². The smallest absolute Gasteiger partial charge is 0.191 e. The first kappa shape index (κ1) is 18.8. The van der Waals surface area contributed by atoms with Gasteiger partial charge in [0.2, 0.25) is 0 Å². The third kappa shape index (κ3) is 6.52. The molecule has 0 spiro atoms. The van der Waals surface area contributed by atoms with Gasteiger partial charge in [-0.1, -0.05) is 30.8 Å². The summed E-state index contributed by atoms with van der Waals surface area (Å²) in [6, 6.07) is 1.97. The molecule has 0 atom stereocenters. The van der Waals surface area contributed by atoms with Crippen LogP contribution in [-0.2, 0) is 6.54 Å². The highest BCUT2D eigenvalue weighted by atomic mass is 32.2. The molecule has 2 aromatic heterocycles. The highest BCUT2D eigenvalue weighted by Gasteiger charge is 2.07. The molecular formula is C16H25N5OS2. The molecule has 2 rings (SSSR count). The Hall–Kier alpha value is -1.54. The summed E-state index contributed by atoms with van der Waals surface area (Å²) in [6.07, 6.45) is 2.89. The molecule has 0 bridgehead atoms.